The predicted octanol–water partition coefficient (Wildman–Crippen LogP) is 5.02. The number of nitrogens with zero attached hydrogens (tertiary/aromatic N) is 1. The number of fused-ring (bicyclic) bond motifs is 2. The fraction of sp³-hybridized carbons (Fsp3) is 0.333. The number of hydrogen-bond acceptors (Lipinski definition) is 4. The molecule has 2 aromatic carbocycles. The van der Waals surface area contributed by atoms with E-state index in [9.17, 15) is 0 Å². The first-order valence-corrected chi connectivity index (χ1v) is 11.9. The first-order valence-electron chi connectivity index (χ1n) is 11.6. The van der Waals surface area contributed by atoms with Crippen LogP contribution in [0.15, 0.2) is 48.7 Å². The van der Waals surface area contributed by atoms with Gasteiger partial charge in [0.05, 0.1) is 0 Å². The van der Waals surface area contributed by atoms with Crippen LogP contribution in [0.1, 0.15) is 37.0 Å². The number of ether oxygens (including phenoxy) is 1. The summed E-state index contributed by atoms with van der Waals surface area (Å²) in [5, 5.41) is 16.8. The summed E-state index contributed by atoms with van der Waals surface area (Å²) < 4.78 is 6.28. The summed E-state index contributed by atoms with van der Waals surface area (Å²) in [4.78, 5) is 24.1. The quantitative estimate of drug-likeness (QED) is 0.438. The van der Waals surface area contributed by atoms with Crippen LogP contribution in [-0.4, -0.2) is 57.3 Å². The molecule has 0 unspecified atom stereocenters. The summed E-state index contributed by atoms with van der Waals surface area (Å²) >= 11 is 6.10. The van der Waals surface area contributed by atoms with Crippen molar-refractivity contribution in [2.75, 3.05) is 19.6 Å². The number of hydrogen-bond donors (Lipinski definition) is 3. The van der Waals surface area contributed by atoms with E-state index >= 15 is 0 Å². The van der Waals surface area contributed by atoms with E-state index in [1.807, 2.05) is 12.1 Å². The number of benzene rings is 2. The Balaban J connectivity index is 0.000000431. The van der Waals surface area contributed by atoms with E-state index in [2.05, 4.69) is 60.3 Å². The molecule has 2 aliphatic rings. The van der Waals surface area contributed by atoms with Crippen LogP contribution in [0, 0.1) is 0 Å². The Labute approximate surface area is 209 Å². The fourth-order valence-electron chi connectivity index (χ4n) is 4.67. The zero-order valence-corrected chi connectivity index (χ0v) is 20.6. The zero-order valence-electron chi connectivity index (χ0n) is 19.8. The molecule has 0 saturated heterocycles. The van der Waals surface area contributed by atoms with Crippen LogP contribution in [0.25, 0.3) is 16.5 Å². The highest BCUT2D eigenvalue weighted by Gasteiger charge is 2.32. The van der Waals surface area contributed by atoms with E-state index in [0.717, 1.165) is 55.2 Å². The van der Waals surface area contributed by atoms with Crippen LogP contribution in [0.2, 0.25) is 5.02 Å². The molecule has 3 heterocycles. The molecule has 0 amide bonds. The van der Waals surface area contributed by atoms with Gasteiger partial charge < -0.3 is 19.9 Å². The smallest absolute Gasteiger partial charge is 0.414 e. The number of nitrogens with one attached hydrogen (secondary N) is 1. The standard InChI is InChI=1S/C25H27ClN2O.C2H2O4/c1-25(2)15-18-4-3-5-22(24(18)29-25)17-8-11-28(12-9-17)13-10-19-16-27-23-14-20(26)6-7-21(19)23;3-1(4)2(5)6/h3-8,14,16,27H,9-13,15H2,1-2H3;(H,3,4)(H,5,6). The van der Waals surface area contributed by atoms with E-state index in [0.29, 0.717) is 0 Å². The first-order chi connectivity index (χ1) is 16.6. The molecule has 35 heavy (non-hydrogen) atoms. The third-order valence-corrected chi connectivity index (χ3v) is 6.58. The van der Waals surface area contributed by atoms with Crippen molar-refractivity contribution in [3.05, 3.63) is 70.4 Å². The van der Waals surface area contributed by atoms with E-state index in [-0.39, 0.29) is 5.60 Å². The number of aromatic amines is 1. The third-order valence-electron chi connectivity index (χ3n) is 6.34. The van der Waals surface area contributed by atoms with Crippen molar-refractivity contribution >= 4 is 40.0 Å². The third kappa shape index (κ3) is 5.86. The molecule has 2 aliphatic heterocycles. The van der Waals surface area contributed by atoms with Crippen molar-refractivity contribution in [3.63, 3.8) is 0 Å². The number of aliphatic carboxylic acids is 2. The molecule has 184 valence electrons. The van der Waals surface area contributed by atoms with Crippen molar-refractivity contribution in [2.45, 2.75) is 38.7 Å². The summed E-state index contributed by atoms with van der Waals surface area (Å²) in [5.74, 6) is -2.54. The molecule has 0 atom stereocenters. The highest BCUT2D eigenvalue weighted by molar-refractivity contribution is 6.31. The molecule has 5 rings (SSSR count). The van der Waals surface area contributed by atoms with Crippen molar-refractivity contribution in [1.29, 1.82) is 0 Å². The van der Waals surface area contributed by atoms with E-state index in [1.165, 1.54) is 27.6 Å². The van der Waals surface area contributed by atoms with Gasteiger partial charge in [-0.2, -0.15) is 0 Å². The van der Waals surface area contributed by atoms with Gasteiger partial charge in [-0.05, 0) is 55.5 Å². The summed E-state index contributed by atoms with van der Waals surface area (Å²) in [6.45, 7) is 7.50. The number of aromatic nitrogens is 1. The Morgan fingerprint density at radius 3 is 2.63 bits per heavy atom. The van der Waals surface area contributed by atoms with Crippen LogP contribution in [0.4, 0.5) is 0 Å². The number of carboxylic acids is 2. The highest BCUT2D eigenvalue weighted by Crippen LogP contribution is 2.41. The minimum Gasteiger partial charge on any atom is -0.487 e. The Kier molecular flexibility index (Phi) is 7.19. The zero-order chi connectivity index (χ0) is 25.2. The number of halogens is 1. The minimum atomic E-state index is -1.82. The van der Waals surface area contributed by atoms with Gasteiger partial charge in [-0.25, -0.2) is 9.59 Å². The molecule has 3 aromatic rings. The number of carboxylic acid groups (broad SMARTS) is 2. The second-order valence-electron chi connectivity index (χ2n) is 9.48. The van der Waals surface area contributed by atoms with Gasteiger partial charge in [0, 0.05) is 53.7 Å². The van der Waals surface area contributed by atoms with Crippen LogP contribution in [-0.2, 0) is 22.4 Å². The molecular formula is C27H29ClN2O5. The maximum Gasteiger partial charge on any atom is 0.414 e. The molecule has 8 heteroatoms. The monoisotopic (exact) mass is 496 g/mol. The topological polar surface area (TPSA) is 103 Å². The summed E-state index contributed by atoms with van der Waals surface area (Å²) in [5.41, 5.74) is 6.45. The Morgan fingerprint density at radius 1 is 1.17 bits per heavy atom. The Hall–Kier alpha value is -3.29. The van der Waals surface area contributed by atoms with Crippen molar-refractivity contribution in [2.24, 2.45) is 0 Å². The van der Waals surface area contributed by atoms with Gasteiger partial charge in [0.1, 0.15) is 11.4 Å². The maximum absolute atomic E-state index is 9.10. The largest absolute Gasteiger partial charge is 0.487 e. The Bertz CT molecular complexity index is 1280. The average Bonchev–Trinajstić information content (AvgIpc) is 3.36. The maximum atomic E-state index is 9.10. The molecule has 0 aliphatic carbocycles. The lowest BCUT2D eigenvalue weighted by Gasteiger charge is -2.27. The first kappa shape index (κ1) is 24.8. The SMILES string of the molecule is CC1(C)Cc2cccc(C3=CCN(CCc4c[nH]c5cc(Cl)ccc45)CC3)c2O1.O=C(O)C(=O)O. The molecule has 0 bridgehead atoms. The number of carbonyl (C=O) groups is 2. The molecule has 0 saturated carbocycles. The molecular weight excluding hydrogens is 468 g/mol. The molecule has 3 N–H and O–H groups in total. The fourth-order valence-corrected chi connectivity index (χ4v) is 4.84. The lowest BCUT2D eigenvalue weighted by atomic mass is 9.95. The molecule has 7 nitrogen and oxygen atoms in total. The van der Waals surface area contributed by atoms with Crippen molar-refractivity contribution in [3.8, 4) is 5.75 Å². The lowest BCUT2D eigenvalue weighted by molar-refractivity contribution is -0.159. The average molecular weight is 497 g/mol. The normalized spacial score (nSPS) is 16.6. The van der Waals surface area contributed by atoms with Crippen LogP contribution < -0.4 is 4.74 Å². The van der Waals surface area contributed by atoms with Gasteiger partial charge in [-0.3, -0.25) is 4.90 Å². The molecule has 1 aromatic heterocycles. The van der Waals surface area contributed by atoms with E-state index in [4.69, 9.17) is 36.1 Å². The molecule has 0 spiro atoms. The van der Waals surface area contributed by atoms with Gasteiger partial charge >= 0.3 is 11.9 Å². The number of rotatable bonds is 4. The second kappa shape index (κ2) is 10.1. The van der Waals surface area contributed by atoms with Gasteiger partial charge in [0.2, 0.25) is 0 Å². The number of H-pyrrole nitrogens is 1. The van der Waals surface area contributed by atoms with Crippen molar-refractivity contribution in [1.82, 2.24) is 9.88 Å². The lowest BCUT2D eigenvalue weighted by Crippen LogP contribution is -2.30. The van der Waals surface area contributed by atoms with Gasteiger partial charge in [0.25, 0.3) is 0 Å². The van der Waals surface area contributed by atoms with E-state index in [1.54, 1.807) is 0 Å². The predicted molar refractivity (Wildman–Crippen MR) is 136 cm³/mol. The minimum absolute atomic E-state index is 0.0940. The summed E-state index contributed by atoms with van der Waals surface area (Å²) in [6.07, 6.45) is 7.62. The van der Waals surface area contributed by atoms with Gasteiger partial charge in [0.15, 0.2) is 0 Å². The van der Waals surface area contributed by atoms with Crippen LogP contribution in [0.3, 0.4) is 0 Å². The highest BCUT2D eigenvalue weighted by atomic mass is 35.5. The molecule has 0 radical (unpaired) electrons. The molecule has 0 fully saturated rings. The van der Waals surface area contributed by atoms with Gasteiger partial charge in [-0.1, -0.05) is 41.9 Å². The van der Waals surface area contributed by atoms with Gasteiger partial charge in [-0.15, -0.1) is 0 Å². The second-order valence-corrected chi connectivity index (χ2v) is 9.91. The van der Waals surface area contributed by atoms with E-state index < -0.39 is 11.9 Å². The summed E-state index contributed by atoms with van der Waals surface area (Å²) in [6, 6.07) is 12.7. The van der Waals surface area contributed by atoms with Crippen LogP contribution in [0.5, 0.6) is 5.75 Å². The number of para-hydroxylation sites is 1. The summed E-state index contributed by atoms with van der Waals surface area (Å²) in [7, 11) is 0. The Morgan fingerprint density at radius 2 is 1.94 bits per heavy atom. The van der Waals surface area contributed by atoms with Crippen LogP contribution >= 0.6 is 11.6 Å². The van der Waals surface area contributed by atoms with Crippen molar-refractivity contribution < 1.29 is 24.5 Å².